The Morgan fingerprint density at radius 1 is 1.19 bits per heavy atom. The molecule has 1 amide bonds. The minimum atomic E-state index is -0.745. The molecule has 2 aromatic rings. The maximum atomic E-state index is 12.2. The summed E-state index contributed by atoms with van der Waals surface area (Å²) in [5.41, 5.74) is 2.21. The predicted molar refractivity (Wildman–Crippen MR) is 104 cm³/mol. The van der Waals surface area contributed by atoms with Crippen molar-refractivity contribution in [2.45, 2.75) is 32.3 Å². The summed E-state index contributed by atoms with van der Waals surface area (Å²) in [5, 5.41) is 11.1. The molecule has 1 atom stereocenters. The highest BCUT2D eigenvalue weighted by Gasteiger charge is 2.22. The van der Waals surface area contributed by atoms with Crippen molar-refractivity contribution in [2.75, 3.05) is 14.2 Å². The third kappa shape index (κ3) is 5.22. The molecule has 0 spiro atoms. The van der Waals surface area contributed by atoms with E-state index in [0.29, 0.717) is 10.2 Å². The van der Waals surface area contributed by atoms with Crippen LogP contribution < -0.4 is 4.74 Å². The van der Waals surface area contributed by atoms with Crippen molar-refractivity contribution in [3.8, 4) is 11.5 Å². The smallest absolute Gasteiger partial charge is 0.286 e. The van der Waals surface area contributed by atoms with Gasteiger partial charge in [-0.25, -0.2) is 5.06 Å². The van der Waals surface area contributed by atoms with Crippen LogP contribution in [0.4, 0.5) is 0 Å². The molecule has 2 rings (SSSR count). The average molecular weight is 422 g/mol. The summed E-state index contributed by atoms with van der Waals surface area (Å²) in [6, 6.07) is 13.7. The summed E-state index contributed by atoms with van der Waals surface area (Å²) < 4.78 is 6.32. The molecule has 5 nitrogen and oxygen atoms in total. The van der Waals surface area contributed by atoms with Crippen LogP contribution in [0.15, 0.2) is 46.9 Å². The highest BCUT2D eigenvalue weighted by Crippen LogP contribution is 2.38. The van der Waals surface area contributed by atoms with Gasteiger partial charge in [0.1, 0.15) is 16.0 Å². The number of rotatable bonds is 8. The van der Waals surface area contributed by atoms with Gasteiger partial charge in [-0.3, -0.25) is 9.63 Å². The lowest BCUT2D eigenvalue weighted by Gasteiger charge is -2.22. The molecule has 0 heterocycles. The molecule has 6 heteroatoms. The summed E-state index contributed by atoms with van der Waals surface area (Å²) in [6.45, 7) is 1.65. The molecule has 0 bridgehead atoms. The van der Waals surface area contributed by atoms with Crippen LogP contribution in [0.1, 0.15) is 24.5 Å². The third-order valence-electron chi connectivity index (χ3n) is 4.14. The fourth-order valence-corrected chi connectivity index (χ4v) is 3.09. The highest BCUT2D eigenvalue weighted by molar-refractivity contribution is 9.10. The van der Waals surface area contributed by atoms with Gasteiger partial charge >= 0.3 is 0 Å². The highest BCUT2D eigenvalue weighted by atomic mass is 79.9. The van der Waals surface area contributed by atoms with Crippen LogP contribution in [0.2, 0.25) is 0 Å². The number of hydrogen-bond acceptors (Lipinski definition) is 4. The Morgan fingerprint density at radius 3 is 2.54 bits per heavy atom. The zero-order valence-electron chi connectivity index (χ0n) is 15.2. The first-order valence-electron chi connectivity index (χ1n) is 8.46. The summed E-state index contributed by atoms with van der Waals surface area (Å²) in [4.78, 5) is 17.1. The molecule has 2 aromatic carbocycles. The van der Waals surface area contributed by atoms with Gasteiger partial charge in [-0.15, -0.1) is 0 Å². The van der Waals surface area contributed by atoms with E-state index in [1.807, 2.05) is 24.3 Å². The van der Waals surface area contributed by atoms with Crippen LogP contribution in [0.5, 0.6) is 11.5 Å². The van der Waals surface area contributed by atoms with Crippen LogP contribution in [-0.2, 0) is 22.5 Å². The van der Waals surface area contributed by atoms with Gasteiger partial charge in [0.05, 0.1) is 7.11 Å². The topological polar surface area (TPSA) is 59.0 Å². The molecular formula is C20H24BrNO4. The number of halogens is 1. The number of phenolic OH excluding ortho intramolecular Hbond substituents is 1. The number of phenols is 1. The van der Waals surface area contributed by atoms with Gasteiger partial charge in [-0.1, -0.05) is 36.4 Å². The van der Waals surface area contributed by atoms with E-state index in [1.165, 1.54) is 19.7 Å². The first-order chi connectivity index (χ1) is 12.4. The molecule has 0 aliphatic carbocycles. The van der Waals surface area contributed by atoms with E-state index in [-0.39, 0.29) is 11.7 Å². The Labute approximate surface area is 162 Å². The zero-order chi connectivity index (χ0) is 19.1. The van der Waals surface area contributed by atoms with Crippen LogP contribution in [0.3, 0.4) is 0 Å². The Kier molecular flexibility index (Phi) is 7.48. The van der Waals surface area contributed by atoms with Crippen LogP contribution in [0, 0.1) is 0 Å². The van der Waals surface area contributed by atoms with Crippen molar-refractivity contribution in [1.29, 1.82) is 0 Å². The molecule has 1 N–H and O–H groups in total. The first-order valence-corrected chi connectivity index (χ1v) is 9.26. The van der Waals surface area contributed by atoms with E-state index >= 15 is 0 Å². The molecule has 0 unspecified atom stereocenters. The maximum absolute atomic E-state index is 12.2. The average Bonchev–Trinajstić information content (AvgIpc) is 2.66. The largest absolute Gasteiger partial charge is 0.507 e. The number of amides is 1. The van der Waals surface area contributed by atoms with E-state index in [4.69, 9.17) is 9.57 Å². The number of carbonyl (C=O) groups is 1. The number of likely N-dealkylation sites (N-methyl/N-ethyl adjacent to an activating group) is 1. The van der Waals surface area contributed by atoms with Gasteiger partial charge in [0.15, 0.2) is 6.10 Å². The lowest BCUT2D eigenvalue weighted by atomic mass is 10.0. The van der Waals surface area contributed by atoms with Crippen molar-refractivity contribution >= 4 is 21.8 Å². The second kappa shape index (κ2) is 9.59. The fraction of sp³-hybridized carbons (Fsp3) is 0.350. The van der Waals surface area contributed by atoms with Gasteiger partial charge in [0, 0.05) is 7.05 Å². The Morgan fingerprint density at radius 2 is 1.88 bits per heavy atom. The molecular weight excluding hydrogens is 398 g/mol. The monoisotopic (exact) mass is 421 g/mol. The molecule has 26 heavy (non-hydrogen) atoms. The molecule has 0 radical (unpaired) electrons. The van der Waals surface area contributed by atoms with Gasteiger partial charge < -0.3 is 9.84 Å². The number of hydroxylamine groups is 2. The van der Waals surface area contributed by atoms with Crippen LogP contribution >= 0.6 is 15.9 Å². The van der Waals surface area contributed by atoms with Crippen molar-refractivity contribution in [1.82, 2.24) is 5.06 Å². The number of ether oxygens (including phenoxy) is 1. The lowest BCUT2D eigenvalue weighted by molar-refractivity contribution is -0.175. The number of hydrogen-bond donors (Lipinski definition) is 1. The van der Waals surface area contributed by atoms with Crippen LogP contribution in [0.25, 0.3) is 0 Å². The summed E-state index contributed by atoms with van der Waals surface area (Å²) in [6.07, 6.45) is 1.90. The molecule has 140 valence electrons. The van der Waals surface area contributed by atoms with E-state index in [0.717, 1.165) is 29.9 Å². The molecule has 0 aliphatic rings. The van der Waals surface area contributed by atoms with Gasteiger partial charge in [-0.2, -0.15) is 0 Å². The fourth-order valence-electron chi connectivity index (χ4n) is 2.61. The van der Waals surface area contributed by atoms with E-state index in [1.54, 1.807) is 13.0 Å². The van der Waals surface area contributed by atoms with E-state index in [9.17, 15) is 9.90 Å². The summed E-state index contributed by atoms with van der Waals surface area (Å²) >= 11 is 3.37. The number of aromatic hydroxyl groups is 1. The summed E-state index contributed by atoms with van der Waals surface area (Å²) in [7, 11) is 2.95. The molecule has 0 saturated carbocycles. The van der Waals surface area contributed by atoms with Crippen molar-refractivity contribution in [3.05, 3.63) is 58.1 Å². The van der Waals surface area contributed by atoms with E-state index < -0.39 is 6.10 Å². The predicted octanol–water partition coefficient (Wildman–Crippen LogP) is 4.12. The Balaban J connectivity index is 2.11. The molecule has 0 aromatic heterocycles. The quantitative estimate of drug-likeness (QED) is 0.651. The standard InChI is InChI=1S/C20H24BrNO4/c1-14(20(24)22(2)25-3)26-19-16(12-13-17(23)18(19)21)11-7-10-15-8-5-4-6-9-15/h4-6,8-9,12-14,23H,7,10-11H2,1-3H3/t14-/m1/s1. The Bertz CT molecular complexity index is 736. The number of nitrogens with zero attached hydrogens (tertiary/aromatic N) is 1. The molecule has 0 aliphatic heterocycles. The minimum Gasteiger partial charge on any atom is -0.507 e. The number of aryl methyl sites for hydroxylation is 2. The second-order valence-corrected chi connectivity index (χ2v) is 6.80. The SMILES string of the molecule is CON(C)C(=O)[C@@H](C)Oc1c(CCCc2ccccc2)ccc(O)c1Br. The normalized spacial score (nSPS) is 11.8. The zero-order valence-corrected chi connectivity index (χ0v) is 16.8. The summed E-state index contributed by atoms with van der Waals surface area (Å²) in [5.74, 6) is 0.257. The first kappa shape index (κ1) is 20.3. The van der Waals surface area contributed by atoms with Crippen molar-refractivity contribution in [3.63, 3.8) is 0 Å². The van der Waals surface area contributed by atoms with Crippen LogP contribution in [-0.4, -0.2) is 36.3 Å². The van der Waals surface area contributed by atoms with Crippen molar-refractivity contribution < 1.29 is 19.5 Å². The minimum absolute atomic E-state index is 0.0755. The van der Waals surface area contributed by atoms with Crippen molar-refractivity contribution in [2.24, 2.45) is 0 Å². The number of carbonyl (C=O) groups excluding carboxylic acids is 1. The van der Waals surface area contributed by atoms with E-state index in [2.05, 4.69) is 28.1 Å². The van der Waals surface area contributed by atoms with Gasteiger partial charge in [-0.05, 0) is 59.3 Å². The van der Waals surface area contributed by atoms with Gasteiger partial charge in [0.2, 0.25) is 0 Å². The lowest BCUT2D eigenvalue weighted by Crippen LogP contribution is -2.37. The maximum Gasteiger partial charge on any atom is 0.286 e. The second-order valence-electron chi connectivity index (χ2n) is 6.00. The van der Waals surface area contributed by atoms with Gasteiger partial charge in [0.25, 0.3) is 5.91 Å². The Hall–Kier alpha value is -2.05. The number of benzene rings is 2. The third-order valence-corrected chi connectivity index (χ3v) is 4.91. The molecule has 0 fully saturated rings. The molecule has 0 saturated heterocycles.